The summed E-state index contributed by atoms with van der Waals surface area (Å²) in [5.74, 6) is -1.64. The average Bonchev–Trinajstić information content (AvgIpc) is 2.75. The van der Waals surface area contributed by atoms with Crippen molar-refractivity contribution in [2.45, 2.75) is 19.3 Å². The van der Waals surface area contributed by atoms with E-state index in [2.05, 4.69) is 5.32 Å². The molecule has 1 saturated heterocycles. The van der Waals surface area contributed by atoms with Crippen LogP contribution >= 0.6 is 0 Å². The summed E-state index contributed by atoms with van der Waals surface area (Å²) < 4.78 is 0. The van der Waals surface area contributed by atoms with E-state index in [0.717, 1.165) is 12.1 Å². The predicted octanol–water partition coefficient (Wildman–Crippen LogP) is 1.23. The first-order valence-electron chi connectivity index (χ1n) is 5.98. The first kappa shape index (κ1) is 13.1. The van der Waals surface area contributed by atoms with Crippen molar-refractivity contribution in [3.8, 4) is 0 Å². The number of carbonyl (C=O) groups is 3. The van der Waals surface area contributed by atoms with Gasteiger partial charge < -0.3 is 15.3 Å². The molecule has 1 heterocycles. The third-order valence-corrected chi connectivity index (χ3v) is 2.85. The molecule has 1 fully saturated rings. The van der Waals surface area contributed by atoms with E-state index >= 15 is 0 Å². The molecule has 6 heteroatoms. The van der Waals surface area contributed by atoms with Gasteiger partial charge in [-0.25, -0.2) is 0 Å². The molecular weight excluding hydrogens is 248 g/mol. The number of hydrogen-bond donors (Lipinski definition) is 2. The summed E-state index contributed by atoms with van der Waals surface area (Å²) in [5, 5.41) is 11.0. The summed E-state index contributed by atoms with van der Waals surface area (Å²) in [6, 6.07) is 6.78. The van der Waals surface area contributed by atoms with Crippen molar-refractivity contribution < 1.29 is 19.5 Å². The quantitative estimate of drug-likeness (QED) is 0.799. The Morgan fingerprint density at radius 2 is 1.95 bits per heavy atom. The number of hydrogen-bond acceptors (Lipinski definition) is 3. The maximum atomic E-state index is 11.5. The second kappa shape index (κ2) is 5.51. The van der Waals surface area contributed by atoms with Gasteiger partial charge in [-0.3, -0.25) is 14.4 Å². The molecular formula is C13H14N2O4. The fourth-order valence-corrected chi connectivity index (χ4v) is 1.99. The lowest BCUT2D eigenvalue weighted by molar-refractivity contribution is -0.139. The molecule has 1 aliphatic rings. The molecule has 6 nitrogen and oxygen atoms in total. The summed E-state index contributed by atoms with van der Waals surface area (Å²) in [4.78, 5) is 34.9. The summed E-state index contributed by atoms with van der Waals surface area (Å²) in [5.41, 5.74) is 1.31. The van der Waals surface area contributed by atoms with E-state index in [-0.39, 0.29) is 5.91 Å². The molecule has 0 atom stereocenters. The molecule has 2 N–H and O–H groups in total. The van der Waals surface area contributed by atoms with Gasteiger partial charge in [0.2, 0.25) is 11.8 Å². The normalized spacial score (nSPS) is 14.5. The second-order valence-electron chi connectivity index (χ2n) is 4.31. The third kappa shape index (κ3) is 3.31. The van der Waals surface area contributed by atoms with E-state index in [1.807, 2.05) is 0 Å². The van der Waals surface area contributed by atoms with Crippen LogP contribution in [0.4, 0.5) is 11.4 Å². The molecule has 0 unspecified atom stereocenters. The van der Waals surface area contributed by atoms with Gasteiger partial charge in [0.15, 0.2) is 0 Å². The third-order valence-electron chi connectivity index (χ3n) is 2.85. The van der Waals surface area contributed by atoms with Gasteiger partial charge in [0.05, 0.1) is 0 Å². The number of benzene rings is 1. The maximum absolute atomic E-state index is 11.5. The monoisotopic (exact) mass is 262 g/mol. The number of aliphatic carboxylic acids is 1. The number of nitrogens with zero attached hydrogens (tertiary/aromatic N) is 1. The van der Waals surface area contributed by atoms with Gasteiger partial charge in [-0.15, -0.1) is 0 Å². The first-order valence-corrected chi connectivity index (χ1v) is 5.98. The van der Waals surface area contributed by atoms with Crippen LogP contribution in [0.1, 0.15) is 19.3 Å². The zero-order valence-electron chi connectivity index (χ0n) is 10.3. The smallest absolute Gasteiger partial charge is 0.312 e. The number of carboxylic acid groups (broad SMARTS) is 1. The van der Waals surface area contributed by atoms with Crippen molar-refractivity contribution in [2.75, 3.05) is 16.8 Å². The molecule has 100 valence electrons. The summed E-state index contributed by atoms with van der Waals surface area (Å²) in [6.07, 6.45) is 0.861. The molecule has 0 radical (unpaired) electrons. The summed E-state index contributed by atoms with van der Waals surface area (Å²) >= 11 is 0. The predicted molar refractivity (Wildman–Crippen MR) is 68.9 cm³/mol. The van der Waals surface area contributed by atoms with Crippen LogP contribution in [0.25, 0.3) is 0 Å². The van der Waals surface area contributed by atoms with Crippen molar-refractivity contribution >= 4 is 29.2 Å². The molecule has 0 spiro atoms. The van der Waals surface area contributed by atoms with Gasteiger partial charge >= 0.3 is 5.97 Å². The molecule has 0 bridgehead atoms. The number of amides is 2. The Kier molecular flexibility index (Phi) is 3.79. The summed E-state index contributed by atoms with van der Waals surface area (Å²) in [6.45, 7) is 0.712. The standard InChI is InChI=1S/C13H14N2O4/c16-11(8-13(18)19)14-9-3-5-10(6-4-9)15-7-1-2-12(15)17/h3-6H,1-2,7-8H2,(H,14,16)(H,18,19). The van der Waals surface area contributed by atoms with Crippen LogP contribution in [0.15, 0.2) is 24.3 Å². The van der Waals surface area contributed by atoms with Crippen molar-refractivity contribution in [3.63, 3.8) is 0 Å². The van der Waals surface area contributed by atoms with Gasteiger partial charge in [-0.05, 0) is 30.7 Å². The molecule has 2 amide bonds. The molecule has 1 aliphatic heterocycles. The lowest BCUT2D eigenvalue weighted by atomic mass is 10.2. The number of rotatable bonds is 4. The van der Waals surface area contributed by atoms with Crippen molar-refractivity contribution in [3.05, 3.63) is 24.3 Å². The van der Waals surface area contributed by atoms with E-state index in [1.165, 1.54) is 0 Å². The van der Waals surface area contributed by atoms with Crippen molar-refractivity contribution in [1.82, 2.24) is 0 Å². The highest BCUT2D eigenvalue weighted by molar-refractivity contribution is 6.01. The van der Waals surface area contributed by atoms with Crippen LogP contribution in [0.5, 0.6) is 0 Å². The Labute approximate surface area is 110 Å². The van der Waals surface area contributed by atoms with Crippen molar-refractivity contribution in [2.24, 2.45) is 0 Å². The Morgan fingerprint density at radius 3 is 2.47 bits per heavy atom. The molecule has 19 heavy (non-hydrogen) atoms. The Balaban J connectivity index is 2.00. The molecule has 0 aromatic heterocycles. The molecule has 1 aromatic carbocycles. The Morgan fingerprint density at radius 1 is 1.26 bits per heavy atom. The number of carbonyl (C=O) groups excluding carboxylic acids is 2. The Hall–Kier alpha value is -2.37. The fourth-order valence-electron chi connectivity index (χ4n) is 1.99. The molecule has 0 saturated carbocycles. The van der Waals surface area contributed by atoms with E-state index in [0.29, 0.717) is 18.7 Å². The molecule has 1 aromatic rings. The number of anilines is 2. The Bertz CT molecular complexity index is 510. The first-order chi connectivity index (χ1) is 9.06. The highest BCUT2D eigenvalue weighted by Gasteiger charge is 2.21. The minimum atomic E-state index is -1.17. The minimum Gasteiger partial charge on any atom is -0.481 e. The fraction of sp³-hybridized carbons (Fsp3) is 0.308. The number of nitrogens with one attached hydrogen (secondary N) is 1. The molecule has 2 rings (SSSR count). The molecule has 0 aliphatic carbocycles. The number of carboxylic acids is 1. The van der Waals surface area contributed by atoms with E-state index in [9.17, 15) is 14.4 Å². The van der Waals surface area contributed by atoms with Crippen LogP contribution in [0, 0.1) is 0 Å². The summed E-state index contributed by atoms with van der Waals surface area (Å²) in [7, 11) is 0. The lowest BCUT2D eigenvalue weighted by Gasteiger charge is -2.16. The SMILES string of the molecule is O=C(O)CC(=O)Nc1ccc(N2CCCC2=O)cc1. The second-order valence-corrected chi connectivity index (χ2v) is 4.31. The highest BCUT2D eigenvalue weighted by Crippen LogP contribution is 2.22. The van der Waals surface area contributed by atoms with Crippen molar-refractivity contribution in [1.29, 1.82) is 0 Å². The van der Waals surface area contributed by atoms with E-state index in [4.69, 9.17) is 5.11 Å². The van der Waals surface area contributed by atoms with Gasteiger partial charge in [-0.1, -0.05) is 0 Å². The van der Waals surface area contributed by atoms with Gasteiger partial charge in [0.1, 0.15) is 6.42 Å². The highest BCUT2D eigenvalue weighted by atomic mass is 16.4. The van der Waals surface area contributed by atoms with Crippen LogP contribution in [0.2, 0.25) is 0 Å². The van der Waals surface area contributed by atoms with E-state index < -0.39 is 18.3 Å². The largest absolute Gasteiger partial charge is 0.481 e. The topological polar surface area (TPSA) is 86.7 Å². The zero-order chi connectivity index (χ0) is 13.8. The lowest BCUT2D eigenvalue weighted by Crippen LogP contribution is -2.23. The van der Waals surface area contributed by atoms with Crippen LogP contribution in [-0.2, 0) is 14.4 Å². The van der Waals surface area contributed by atoms with Crippen LogP contribution < -0.4 is 10.2 Å². The average molecular weight is 262 g/mol. The van der Waals surface area contributed by atoms with Gasteiger partial charge in [-0.2, -0.15) is 0 Å². The van der Waals surface area contributed by atoms with Gasteiger partial charge in [0, 0.05) is 24.3 Å². The minimum absolute atomic E-state index is 0.0997. The van der Waals surface area contributed by atoms with E-state index in [1.54, 1.807) is 29.2 Å². The maximum Gasteiger partial charge on any atom is 0.312 e. The van der Waals surface area contributed by atoms with Crippen LogP contribution in [0.3, 0.4) is 0 Å². The van der Waals surface area contributed by atoms with Crippen LogP contribution in [-0.4, -0.2) is 29.4 Å². The van der Waals surface area contributed by atoms with Gasteiger partial charge in [0.25, 0.3) is 0 Å². The zero-order valence-corrected chi connectivity index (χ0v) is 10.3.